The molecule has 0 saturated carbocycles. The van der Waals surface area contributed by atoms with Crippen molar-refractivity contribution in [2.75, 3.05) is 0 Å². The lowest BCUT2D eigenvalue weighted by Gasteiger charge is -2.00. The Labute approximate surface area is 98.7 Å². The van der Waals surface area contributed by atoms with Crippen LogP contribution in [0, 0.1) is 5.92 Å². The highest BCUT2D eigenvalue weighted by atomic mass is 16.4. The first-order valence-electron chi connectivity index (χ1n) is 5.01. The predicted octanol–water partition coefficient (Wildman–Crippen LogP) is 0.414. The summed E-state index contributed by atoms with van der Waals surface area (Å²) < 4.78 is 0. The van der Waals surface area contributed by atoms with Crippen molar-refractivity contribution in [2.45, 2.75) is 39.2 Å². The SMILES string of the molecule is CC(C)CC(=O)O.O=C(O)CCC(O)C(=O)O. The lowest BCUT2D eigenvalue weighted by atomic mass is 10.1. The summed E-state index contributed by atoms with van der Waals surface area (Å²) >= 11 is 0. The van der Waals surface area contributed by atoms with Gasteiger partial charge in [0.2, 0.25) is 0 Å². The van der Waals surface area contributed by atoms with E-state index in [9.17, 15) is 14.4 Å². The molecule has 0 aliphatic carbocycles. The molecule has 0 aromatic heterocycles. The Balaban J connectivity index is 0. The third kappa shape index (κ3) is 17.0. The standard InChI is InChI=1S/C5H8O5.C5H10O2/c6-3(5(9)10)1-2-4(7)8;1-4(2)3-5(6)7/h3,6H,1-2H2,(H,7,8)(H,9,10);4H,3H2,1-2H3,(H,6,7). The molecule has 0 rings (SSSR count). The van der Waals surface area contributed by atoms with Gasteiger partial charge >= 0.3 is 17.9 Å². The Hall–Kier alpha value is -1.63. The van der Waals surface area contributed by atoms with Crippen LogP contribution in [0.3, 0.4) is 0 Å². The van der Waals surface area contributed by atoms with Gasteiger partial charge in [0.15, 0.2) is 6.10 Å². The average molecular weight is 250 g/mol. The van der Waals surface area contributed by atoms with Gasteiger partial charge in [-0.3, -0.25) is 9.59 Å². The Morgan fingerprint density at radius 3 is 1.65 bits per heavy atom. The lowest BCUT2D eigenvalue weighted by molar-refractivity contribution is -0.148. The lowest BCUT2D eigenvalue weighted by Crippen LogP contribution is -2.20. The number of carboxylic acid groups (broad SMARTS) is 3. The van der Waals surface area contributed by atoms with E-state index in [0.717, 1.165) is 0 Å². The van der Waals surface area contributed by atoms with E-state index in [2.05, 4.69) is 0 Å². The highest BCUT2D eigenvalue weighted by Crippen LogP contribution is 1.96. The van der Waals surface area contributed by atoms with Crippen molar-refractivity contribution in [3.63, 3.8) is 0 Å². The van der Waals surface area contributed by atoms with Crippen molar-refractivity contribution in [3.8, 4) is 0 Å². The van der Waals surface area contributed by atoms with E-state index in [-0.39, 0.29) is 25.2 Å². The number of rotatable bonds is 6. The van der Waals surface area contributed by atoms with Crippen molar-refractivity contribution < 1.29 is 34.8 Å². The summed E-state index contributed by atoms with van der Waals surface area (Å²) in [6.45, 7) is 3.77. The van der Waals surface area contributed by atoms with E-state index in [1.807, 2.05) is 13.8 Å². The topological polar surface area (TPSA) is 132 Å². The van der Waals surface area contributed by atoms with Crippen LogP contribution in [0.4, 0.5) is 0 Å². The smallest absolute Gasteiger partial charge is 0.332 e. The zero-order chi connectivity index (χ0) is 14.0. The fraction of sp³-hybridized carbons (Fsp3) is 0.700. The second-order valence-electron chi connectivity index (χ2n) is 3.78. The van der Waals surface area contributed by atoms with E-state index in [1.165, 1.54) is 0 Å². The zero-order valence-electron chi connectivity index (χ0n) is 9.79. The number of aliphatic hydroxyl groups is 1. The van der Waals surface area contributed by atoms with Crippen LogP contribution in [0.25, 0.3) is 0 Å². The fourth-order valence-corrected chi connectivity index (χ4v) is 0.733. The van der Waals surface area contributed by atoms with Crippen molar-refractivity contribution in [1.29, 1.82) is 0 Å². The Bertz CT molecular complexity index is 259. The van der Waals surface area contributed by atoms with Crippen molar-refractivity contribution in [1.82, 2.24) is 0 Å². The van der Waals surface area contributed by atoms with E-state index in [1.54, 1.807) is 0 Å². The number of aliphatic hydroxyl groups excluding tert-OH is 1. The molecule has 0 radical (unpaired) electrons. The number of hydrogen-bond acceptors (Lipinski definition) is 4. The van der Waals surface area contributed by atoms with Crippen molar-refractivity contribution >= 4 is 17.9 Å². The molecule has 17 heavy (non-hydrogen) atoms. The molecular weight excluding hydrogens is 232 g/mol. The first kappa shape index (κ1) is 17.8. The summed E-state index contributed by atoms with van der Waals surface area (Å²) in [6, 6.07) is 0. The maximum atomic E-state index is 9.87. The molecule has 0 fully saturated rings. The average Bonchev–Trinajstić information content (AvgIpc) is 2.12. The summed E-state index contributed by atoms with van der Waals surface area (Å²) in [5, 5.41) is 32.7. The predicted molar refractivity (Wildman–Crippen MR) is 57.6 cm³/mol. The Morgan fingerprint density at radius 2 is 1.47 bits per heavy atom. The zero-order valence-corrected chi connectivity index (χ0v) is 9.79. The monoisotopic (exact) mass is 250 g/mol. The number of carbonyl (C=O) groups is 3. The van der Waals surface area contributed by atoms with E-state index in [0.29, 0.717) is 0 Å². The second-order valence-corrected chi connectivity index (χ2v) is 3.78. The Morgan fingerprint density at radius 1 is 1.00 bits per heavy atom. The van der Waals surface area contributed by atoms with Crippen LogP contribution in [0.1, 0.15) is 33.1 Å². The van der Waals surface area contributed by atoms with Gasteiger partial charge in [-0.25, -0.2) is 4.79 Å². The molecule has 0 aromatic carbocycles. The van der Waals surface area contributed by atoms with E-state index in [4.69, 9.17) is 20.4 Å². The van der Waals surface area contributed by atoms with Crippen LogP contribution >= 0.6 is 0 Å². The quantitative estimate of drug-likeness (QED) is 0.536. The molecule has 0 aliphatic heterocycles. The van der Waals surface area contributed by atoms with Crippen LogP contribution in [0.15, 0.2) is 0 Å². The third-order valence-electron chi connectivity index (χ3n) is 1.50. The van der Waals surface area contributed by atoms with Crippen LogP contribution in [0.2, 0.25) is 0 Å². The summed E-state index contributed by atoms with van der Waals surface area (Å²) in [6.07, 6.45) is -1.85. The normalized spacial score (nSPS) is 11.3. The van der Waals surface area contributed by atoms with Crippen LogP contribution < -0.4 is 0 Å². The minimum Gasteiger partial charge on any atom is -0.481 e. The molecule has 0 aromatic rings. The molecule has 0 bridgehead atoms. The molecule has 1 unspecified atom stereocenters. The highest BCUT2D eigenvalue weighted by Gasteiger charge is 2.13. The van der Waals surface area contributed by atoms with Crippen molar-refractivity contribution in [2.24, 2.45) is 5.92 Å². The number of carboxylic acids is 3. The molecule has 0 amide bonds. The molecule has 1 atom stereocenters. The molecule has 7 heteroatoms. The number of hydrogen-bond donors (Lipinski definition) is 4. The maximum Gasteiger partial charge on any atom is 0.332 e. The van der Waals surface area contributed by atoms with E-state index >= 15 is 0 Å². The van der Waals surface area contributed by atoms with Gasteiger partial charge in [0.05, 0.1) is 0 Å². The molecule has 0 spiro atoms. The van der Waals surface area contributed by atoms with Crippen LogP contribution in [0.5, 0.6) is 0 Å². The molecule has 100 valence electrons. The van der Waals surface area contributed by atoms with Crippen LogP contribution in [-0.2, 0) is 14.4 Å². The maximum absolute atomic E-state index is 9.87. The minimum atomic E-state index is -1.56. The van der Waals surface area contributed by atoms with Gasteiger partial charge < -0.3 is 20.4 Å². The molecular formula is C10H18O7. The Kier molecular flexibility index (Phi) is 10.0. The summed E-state index contributed by atoms with van der Waals surface area (Å²) in [4.78, 5) is 29.5. The van der Waals surface area contributed by atoms with Crippen molar-refractivity contribution in [3.05, 3.63) is 0 Å². The van der Waals surface area contributed by atoms with Gasteiger partial charge in [0.25, 0.3) is 0 Å². The first-order valence-corrected chi connectivity index (χ1v) is 5.01. The van der Waals surface area contributed by atoms with Gasteiger partial charge in [0.1, 0.15) is 0 Å². The van der Waals surface area contributed by atoms with Crippen LogP contribution in [-0.4, -0.2) is 44.4 Å². The van der Waals surface area contributed by atoms with E-state index < -0.39 is 24.0 Å². The third-order valence-corrected chi connectivity index (χ3v) is 1.50. The molecule has 0 saturated heterocycles. The minimum absolute atomic E-state index is 0.245. The largest absolute Gasteiger partial charge is 0.481 e. The fourth-order valence-electron chi connectivity index (χ4n) is 0.733. The highest BCUT2D eigenvalue weighted by molar-refractivity contribution is 5.73. The van der Waals surface area contributed by atoms with Gasteiger partial charge in [0, 0.05) is 12.8 Å². The molecule has 7 nitrogen and oxygen atoms in total. The van der Waals surface area contributed by atoms with Gasteiger partial charge in [-0.15, -0.1) is 0 Å². The summed E-state index contributed by atoms with van der Waals surface area (Å²) in [7, 11) is 0. The van der Waals surface area contributed by atoms with Gasteiger partial charge in [-0.05, 0) is 12.3 Å². The molecule has 4 N–H and O–H groups in total. The first-order chi connectivity index (χ1) is 7.66. The summed E-state index contributed by atoms with van der Waals surface area (Å²) in [5.74, 6) is -2.94. The number of aliphatic carboxylic acids is 3. The molecule has 0 heterocycles. The van der Waals surface area contributed by atoms with Gasteiger partial charge in [-0.1, -0.05) is 13.8 Å². The molecule has 0 aliphatic rings. The second kappa shape index (κ2) is 9.59. The summed E-state index contributed by atoms with van der Waals surface area (Å²) in [5.41, 5.74) is 0. The van der Waals surface area contributed by atoms with Gasteiger partial charge in [-0.2, -0.15) is 0 Å².